The summed E-state index contributed by atoms with van der Waals surface area (Å²) >= 11 is 0. The van der Waals surface area contributed by atoms with E-state index in [1.54, 1.807) is 12.1 Å². The number of amides is 1. The molecule has 1 aliphatic carbocycles. The SMILES string of the molecule is Cc1ccc(C(=O)N2CCC[C@@H]3CCCC[C@@H]32)c(=O)[nH]1. The van der Waals surface area contributed by atoms with E-state index in [9.17, 15) is 9.59 Å². The maximum Gasteiger partial charge on any atom is 0.260 e. The Morgan fingerprint density at radius 1 is 1.20 bits per heavy atom. The Bertz CT molecular complexity index is 562. The van der Waals surface area contributed by atoms with Crippen molar-refractivity contribution >= 4 is 5.91 Å². The molecule has 0 aromatic carbocycles. The van der Waals surface area contributed by atoms with Gasteiger partial charge in [0.05, 0.1) is 0 Å². The summed E-state index contributed by atoms with van der Waals surface area (Å²) in [6, 6.07) is 3.82. The molecule has 0 unspecified atom stereocenters. The largest absolute Gasteiger partial charge is 0.335 e. The quantitative estimate of drug-likeness (QED) is 0.855. The number of likely N-dealkylation sites (tertiary alicyclic amines) is 1. The molecule has 108 valence electrons. The van der Waals surface area contributed by atoms with Crippen molar-refractivity contribution in [1.82, 2.24) is 9.88 Å². The summed E-state index contributed by atoms with van der Waals surface area (Å²) < 4.78 is 0. The molecule has 20 heavy (non-hydrogen) atoms. The lowest BCUT2D eigenvalue weighted by Gasteiger charge is -2.44. The van der Waals surface area contributed by atoms with Crippen LogP contribution in [0.1, 0.15) is 54.6 Å². The Balaban J connectivity index is 1.87. The Hall–Kier alpha value is -1.58. The first-order valence-corrected chi connectivity index (χ1v) is 7.68. The van der Waals surface area contributed by atoms with Crippen LogP contribution >= 0.6 is 0 Å². The highest BCUT2D eigenvalue weighted by molar-refractivity contribution is 5.94. The minimum atomic E-state index is -0.257. The molecule has 3 rings (SSSR count). The first-order chi connectivity index (χ1) is 9.66. The zero-order valence-corrected chi connectivity index (χ0v) is 12.0. The third-order valence-electron chi connectivity index (χ3n) is 4.79. The number of rotatable bonds is 1. The second-order valence-electron chi connectivity index (χ2n) is 6.14. The molecule has 4 nitrogen and oxygen atoms in total. The van der Waals surface area contributed by atoms with E-state index in [4.69, 9.17) is 0 Å². The van der Waals surface area contributed by atoms with Gasteiger partial charge in [0.2, 0.25) is 0 Å². The van der Waals surface area contributed by atoms with E-state index >= 15 is 0 Å². The summed E-state index contributed by atoms with van der Waals surface area (Å²) in [5, 5.41) is 0. The van der Waals surface area contributed by atoms with Gasteiger partial charge in [-0.15, -0.1) is 0 Å². The molecule has 2 aliphatic rings. The summed E-state index contributed by atoms with van der Waals surface area (Å²) in [6.45, 7) is 2.63. The van der Waals surface area contributed by atoms with Crippen LogP contribution in [0.3, 0.4) is 0 Å². The van der Waals surface area contributed by atoms with Gasteiger partial charge in [0.15, 0.2) is 0 Å². The monoisotopic (exact) mass is 274 g/mol. The molecule has 1 saturated carbocycles. The zero-order valence-electron chi connectivity index (χ0n) is 12.0. The number of aryl methyl sites for hydroxylation is 1. The number of piperidine rings is 1. The molecule has 1 aliphatic heterocycles. The molecule has 1 amide bonds. The number of nitrogens with zero attached hydrogens (tertiary/aromatic N) is 1. The lowest BCUT2D eigenvalue weighted by atomic mass is 9.78. The van der Waals surface area contributed by atoms with Gasteiger partial charge in [-0.3, -0.25) is 9.59 Å². The van der Waals surface area contributed by atoms with Gasteiger partial charge in [-0.05, 0) is 50.7 Å². The number of hydrogen-bond acceptors (Lipinski definition) is 2. The van der Waals surface area contributed by atoms with Gasteiger partial charge in [-0.1, -0.05) is 12.8 Å². The molecular formula is C16H22N2O2. The molecule has 0 spiro atoms. The normalized spacial score (nSPS) is 26.1. The number of hydrogen-bond donors (Lipinski definition) is 1. The summed E-state index contributed by atoms with van der Waals surface area (Å²) in [5.41, 5.74) is 0.829. The van der Waals surface area contributed by atoms with Crippen LogP contribution < -0.4 is 5.56 Å². The van der Waals surface area contributed by atoms with E-state index in [0.29, 0.717) is 17.5 Å². The predicted octanol–water partition coefficient (Wildman–Crippen LogP) is 2.48. The second kappa shape index (κ2) is 5.43. The van der Waals surface area contributed by atoms with E-state index < -0.39 is 0 Å². The molecule has 2 fully saturated rings. The number of aromatic nitrogens is 1. The second-order valence-corrected chi connectivity index (χ2v) is 6.14. The molecule has 4 heteroatoms. The smallest absolute Gasteiger partial charge is 0.260 e. The maximum absolute atomic E-state index is 12.7. The lowest BCUT2D eigenvalue weighted by molar-refractivity contribution is 0.0389. The average molecular weight is 274 g/mol. The predicted molar refractivity (Wildman–Crippen MR) is 77.8 cm³/mol. The van der Waals surface area contributed by atoms with Crippen LogP contribution in [0.15, 0.2) is 16.9 Å². The third-order valence-corrected chi connectivity index (χ3v) is 4.79. The number of H-pyrrole nitrogens is 1. The first kappa shape index (κ1) is 13.4. The van der Waals surface area contributed by atoms with Crippen LogP contribution in [-0.2, 0) is 0 Å². The standard InChI is InChI=1S/C16H22N2O2/c1-11-8-9-13(15(19)17-11)16(20)18-10-4-6-12-5-2-3-7-14(12)18/h8-9,12,14H,2-7,10H2,1H3,(H,17,19)/t12-,14-/m0/s1. The topological polar surface area (TPSA) is 53.2 Å². The van der Waals surface area contributed by atoms with Crippen molar-refractivity contribution in [3.8, 4) is 0 Å². The number of carbonyl (C=O) groups is 1. The van der Waals surface area contributed by atoms with Crippen molar-refractivity contribution in [2.45, 2.75) is 51.5 Å². The van der Waals surface area contributed by atoms with Gasteiger partial charge in [0.25, 0.3) is 11.5 Å². The van der Waals surface area contributed by atoms with E-state index in [-0.39, 0.29) is 11.5 Å². The molecular weight excluding hydrogens is 252 g/mol. The highest BCUT2D eigenvalue weighted by Gasteiger charge is 2.36. The van der Waals surface area contributed by atoms with E-state index in [1.165, 1.54) is 25.7 Å². The van der Waals surface area contributed by atoms with Crippen molar-refractivity contribution in [3.05, 3.63) is 33.7 Å². The van der Waals surface area contributed by atoms with Crippen molar-refractivity contribution < 1.29 is 4.79 Å². The molecule has 0 radical (unpaired) electrons. The Kier molecular flexibility index (Phi) is 3.64. The van der Waals surface area contributed by atoms with Crippen LogP contribution in [0.4, 0.5) is 0 Å². The summed E-state index contributed by atoms with van der Waals surface area (Å²) in [5.74, 6) is 0.564. The van der Waals surface area contributed by atoms with Gasteiger partial charge < -0.3 is 9.88 Å². The van der Waals surface area contributed by atoms with Crippen LogP contribution in [0.5, 0.6) is 0 Å². The molecule has 2 heterocycles. The van der Waals surface area contributed by atoms with Crippen molar-refractivity contribution in [3.63, 3.8) is 0 Å². The minimum absolute atomic E-state index is 0.0807. The fraction of sp³-hybridized carbons (Fsp3) is 0.625. The van der Waals surface area contributed by atoms with Crippen LogP contribution in [0, 0.1) is 12.8 Å². The van der Waals surface area contributed by atoms with Crippen LogP contribution in [0.25, 0.3) is 0 Å². The fourth-order valence-electron chi connectivity index (χ4n) is 3.77. The van der Waals surface area contributed by atoms with Crippen molar-refractivity contribution in [1.29, 1.82) is 0 Å². The van der Waals surface area contributed by atoms with Crippen molar-refractivity contribution in [2.24, 2.45) is 5.92 Å². The molecule has 1 aromatic rings. The first-order valence-electron chi connectivity index (χ1n) is 7.68. The van der Waals surface area contributed by atoms with Gasteiger partial charge in [-0.2, -0.15) is 0 Å². The number of fused-ring (bicyclic) bond motifs is 1. The summed E-state index contributed by atoms with van der Waals surface area (Å²) in [6.07, 6.45) is 7.12. The molecule has 1 saturated heterocycles. The maximum atomic E-state index is 12.7. The highest BCUT2D eigenvalue weighted by atomic mass is 16.2. The third kappa shape index (κ3) is 2.39. The molecule has 2 atom stereocenters. The van der Waals surface area contributed by atoms with E-state index in [0.717, 1.165) is 25.1 Å². The molecule has 1 aromatic heterocycles. The Morgan fingerprint density at radius 2 is 1.95 bits per heavy atom. The van der Waals surface area contributed by atoms with Gasteiger partial charge in [0, 0.05) is 18.3 Å². The summed E-state index contributed by atoms with van der Waals surface area (Å²) in [4.78, 5) is 29.4. The number of pyridine rings is 1. The van der Waals surface area contributed by atoms with Crippen LogP contribution in [-0.4, -0.2) is 28.4 Å². The Morgan fingerprint density at radius 3 is 2.75 bits per heavy atom. The average Bonchev–Trinajstić information content (AvgIpc) is 2.46. The number of aromatic amines is 1. The molecule has 0 bridgehead atoms. The van der Waals surface area contributed by atoms with Crippen molar-refractivity contribution in [2.75, 3.05) is 6.54 Å². The van der Waals surface area contributed by atoms with E-state index in [2.05, 4.69) is 4.98 Å². The fourth-order valence-corrected chi connectivity index (χ4v) is 3.77. The van der Waals surface area contributed by atoms with Gasteiger partial charge in [-0.25, -0.2) is 0 Å². The van der Waals surface area contributed by atoms with Gasteiger partial charge in [0.1, 0.15) is 5.56 Å². The number of nitrogens with one attached hydrogen (secondary N) is 1. The molecule has 1 N–H and O–H groups in total. The highest BCUT2D eigenvalue weighted by Crippen LogP contribution is 2.35. The minimum Gasteiger partial charge on any atom is -0.335 e. The Labute approximate surface area is 119 Å². The summed E-state index contributed by atoms with van der Waals surface area (Å²) in [7, 11) is 0. The van der Waals surface area contributed by atoms with Gasteiger partial charge >= 0.3 is 0 Å². The van der Waals surface area contributed by atoms with E-state index in [1.807, 2.05) is 11.8 Å². The number of carbonyl (C=O) groups excluding carboxylic acids is 1. The lowest BCUT2D eigenvalue weighted by Crippen LogP contribution is -2.50. The zero-order chi connectivity index (χ0) is 14.1. The van der Waals surface area contributed by atoms with Crippen LogP contribution in [0.2, 0.25) is 0 Å².